The van der Waals surface area contributed by atoms with E-state index in [0.29, 0.717) is 10.8 Å². The molecule has 128 valence electrons. The van der Waals surface area contributed by atoms with Crippen molar-refractivity contribution in [1.29, 1.82) is 0 Å². The van der Waals surface area contributed by atoms with E-state index in [0.717, 1.165) is 11.3 Å². The van der Waals surface area contributed by atoms with Gasteiger partial charge in [-0.25, -0.2) is 14.1 Å². The maximum absolute atomic E-state index is 13.1. The minimum Gasteiger partial charge on any atom is -0.337 e. The molecule has 0 aliphatic heterocycles. The molecule has 25 heavy (non-hydrogen) atoms. The van der Waals surface area contributed by atoms with Gasteiger partial charge in [-0.15, -0.1) is 0 Å². The maximum Gasteiger partial charge on any atom is 0.234 e. The molecule has 1 heterocycles. The fourth-order valence-electron chi connectivity index (χ4n) is 2.13. The molecule has 5 nitrogen and oxygen atoms in total. The Morgan fingerprint density at radius 3 is 2.76 bits per heavy atom. The number of carbonyl (C=O) groups excluding carboxylic acids is 1. The lowest BCUT2D eigenvalue weighted by Gasteiger charge is -2.05. The van der Waals surface area contributed by atoms with Crippen LogP contribution in [0.15, 0.2) is 59.9 Å². The van der Waals surface area contributed by atoms with Gasteiger partial charge in [0.1, 0.15) is 5.82 Å². The molecule has 0 bridgehead atoms. The summed E-state index contributed by atoms with van der Waals surface area (Å²) in [6.07, 6.45) is 1.70. The number of aromatic nitrogens is 2. The average molecular weight is 377 g/mol. The monoisotopic (exact) mass is 376 g/mol. The van der Waals surface area contributed by atoms with Crippen LogP contribution in [0.4, 0.5) is 10.1 Å². The molecule has 2 aromatic carbocycles. The summed E-state index contributed by atoms with van der Waals surface area (Å²) in [6.45, 7) is 0. The summed E-state index contributed by atoms with van der Waals surface area (Å²) in [5.41, 5.74) is 2.10. The number of amides is 1. The van der Waals surface area contributed by atoms with Gasteiger partial charge in [-0.1, -0.05) is 53.7 Å². The van der Waals surface area contributed by atoms with Crippen molar-refractivity contribution in [2.45, 2.75) is 5.16 Å². The molecule has 0 fully saturated rings. The highest BCUT2D eigenvalue weighted by atomic mass is 35.5. The van der Waals surface area contributed by atoms with Crippen LogP contribution in [0.2, 0.25) is 5.02 Å². The van der Waals surface area contributed by atoms with Crippen molar-refractivity contribution < 1.29 is 9.18 Å². The quantitative estimate of drug-likeness (QED) is 0.525. The highest BCUT2D eigenvalue weighted by molar-refractivity contribution is 7.99. The zero-order chi connectivity index (χ0) is 17.8. The first-order chi connectivity index (χ1) is 12.0. The first kappa shape index (κ1) is 17.3. The van der Waals surface area contributed by atoms with Crippen LogP contribution >= 0.6 is 23.4 Å². The molecular weight excluding hydrogens is 363 g/mol. The lowest BCUT2D eigenvalue weighted by atomic mass is 10.2. The van der Waals surface area contributed by atoms with Gasteiger partial charge in [0.25, 0.3) is 0 Å². The number of thioether (sulfide) groups is 1. The fourth-order valence-corrected chi connectivity index (χ4v) is 3.01. The van der Waals surface area contributed by atoms with Gasteiger partial charge >= 0.3 is 0 Å². The zero-order valence-electron chi connectivity index (χ0n) is 12.9. The molecule has 0 saturated carbocycles. The number of nitrogens with two attached hydrogens (primary N) is 1. The summed E-state index contributed by atoms with van der Waals surface area (Å²) >= 11 is 6.90. The number of nitrogens with one attached hydrogen (secondary N) is 1. The molecule has 0 spiro atoms. The number of hydrogen-bond acceptors (Lipinski definition) is 4. The number of hydrogen-bond donors (Lipinski definition) is 2. The van der Waals surface area contributed by atoms with Gasteiger partial charge in [0, 0.05) is 11.3 Å². The Kier molecular flexibility index (Phi) is 5.25. The Balaban J connectivity index is 1.62. The molecule has 8 heteroatoms. The number of benzene rings is 2. The predicted molar refractivity (Wildman–Crippen MR) is 98.6 cm³/mol. The van der Waals surface area contributed by atoms with Crippen LogP contribution in [-0.4, -0.2) is 21.3 Å². The number of halogens is 2. The van der Waals surface area contributed by atoms with E-state index >= 15 is 0 Å². The third-order valence-electron chi connectivity index (χ3n) is 3.30. The van der Waals surface area contributed by atoms with Gasteiger partial charge in [-0.2, -0.15) is 0 Å². The molecule has 0 atom stereocenters. The Bertz CT molecular complexity index is 901. The molecule has 0 aliphatic carbocycles. The number of nitrogen functional groups attached to an aromatic ring is 1. The Hall–Kier alpha value is -2.51. The second-order valence-corrected chi connectivity index (χ2v) is 6.50. The molecule has 0 unspecified atom stereocenters. The van der Waals surface area contributed by atoms with E-state index in [1.165, 1.54) is 34.6 Å². The average Bonchev–Trinajstić information content (AvgIpc) is 2.98. The van der Waals surface area contributed by atoms with Gasteiger partial charge in [-0.3, -0.25) is 4.79 Å². The van der Waals surface area contributed by atoms with Crippen LogP contribution in [-0.2, 0) is 4.79 Å². The Morgan fingerprint density at radius 2 is 2.04 bits per heavy atom. The van der Waals surface area contributed by atoms with Crippen LogP contribution < -0.4 is 11.2 Å². The second-order valence-electron chi connectivity index (χ2n) is 5.15. The first-order valence-electron chi connectivity index (χ1n) is 7.30. The van der Waals surface area contributed by atoms with E-state index in [4.69, 9.17) is 17.4 Å². The van der Waals surface area contributed by atoms with Gasteiger partial charge in [0.05, 0.1) is 22.7 Å². The summed E-state index contributed by atoms with van der Waals surface area (Å²) in [6, 6.07) is 13.6. The minimum atomic E-state index is -0.535. The molecule has 0 aliphatic rings. The Morgan fingerprint density at radius 1 is 1.28 bits per heavy atom. The van der Waals surface area contributed by atoms with E-state index in [2.05, 4.69) is 10.3 Å². The van der Waals surface area contributed by atoms with Crippen molar-refractivity contribution in [3.8, 4) is 11.3 Å². The van der Waals surface area contributed by atoms with E-state index < -0.39 is 5.82 Å². The summed E-state index contributed by atoms with van der Waals surface area (Å²) in [7, 11) is 0. The van der Waals surface area contributed by atoms with Crippen LogP contribution in [0.25, 0.3) is 11.3 Å². The highest BCUT2D eigenvalue weighted by Gasteiger charge is 2.11. The molecule has 1 aromatic heterocycles. The maximum atomic E-state index is 13.1. The van der Waals surface area contributed by atoms with Crippen molar-refractivity contribution in [3.05, 3.63) is 65.6 Å². The molecular formula is C17H14ClFN4OS. The Labute approximate surface area is 153 Å². The van der Waals surface area contributed by atoms with Gasteiger partial charge < -0.3 is 11.2 Å². The predicted octanol–water partition coefficient (Wildman–Crippen LogP) is 3.79. The van der Waals surface area contributed by atoms with Crippen molar-refractivity contribution in [2.75, 3.05) is 16.9 Å². The largest absolute Gasteiger partial charge is 0.337 e. The second kappa shape index (κ2) is 7.58. The van der Waals surface area contributed by atoms with Crippen molar-refractivity contribution in [2.24, 2.45) is 0 Å². The van der Waals surface area contributed by atoms with Crippen LogP contribution in [0.1, 0.15) is 0 Å². The van der Waals surface area contributed by atoms with Crippen LogP contribution in [0, 0.1) is 5.82 Å². The number of rotatable bonds is 5. The molecule has 3 N–H and O–H groups in total. The number of anilines is 1. The number of carbonyl (C=O) groups is 1. The lowest BCUT2D eigenvalue weighted by Crippen LogP contribution is -2.15. The van der Waals surface area contributed by atoms with Crippen molar-refractivity contribution in [3.63, 3.8) is 0 Å². The summed E-state index contributed by atoms with van der Waals surface area (Å²) in [4.78, 5) is 16.5. The third-order valence-corrected chi connectivity index (χ3v) is 4.56. The highest BCUT2D eigenvalue weighted by Crippen LogP contribution is 2.23. The van der Waals surface area contributed by atoms with E-state index in [-0.39, 0.29) is 16.7 Å². The summed E-state index contributed by atoms with van der Waals surface area (Å²) in [5, 5.41) is 3.12. The smallest absolute Gasteiger partial charge is 0.234 e. The van der Waals surface area contributed by atoms with Gasteiger partial charge in [0.15, 0.2) is 5.16 Å². The topological polar surface area (TPSA) is 72.9 Å². The van der Waals surface area contributed by atoms with Gasteiger partial charge in [-0.05, 0) is 18.2 Å². The number of imidazole rings is 1. The van der Waals surface area contributed by atoms with Crippen LogP contribution in [0.3, 0.4) is 0 Å². The standard InChI is InChI=1S/C17H14ClFN4OS/c18-13-8-12(6-7-14(13)19)21-16(24)10-25-17-22-15(9-23(17)20)11-4-2-1-3-5-11/h1-9H,10,20H2,(H,21,24). The SMILES string of the molecule is Nn1cc(-c2ccccc2)nc1SCC(=O)Nc1ccc(F)c(Cl)c1. The molecule has 3 aromatic rings. The lowest BCUT2D eigenvalue weighted by molar-refractivity contribution is -0.113. The van der Waals surface area contributed by atoms with E-state index in [1.807, 2.05) is 30.3 Å². The zero-order valence-corrected chi connectivity index (χ0v) is 14.5. The van der Waals surface area contributed by atoms with E-state index in [1.54, 1.807) is 6.20 Å². The normalized spacial score (nSPS) is 10.6. The number of nitrogens with zero attached hydrogens (tertiary/aromatic N) is 2. The van der Waals surface area contributed by atoms with E-state index in [9.17, 15) is 9.18 Å². The molecule has 0 radical (unpaired) electrons. The van der Waals surface area contributed by atoms with Gasteiger partial charge in [0.2, 0.25) is 5.91 Å². The van der Waals surface area contributed by atoms with Crippen LogP contribution in [0.5, 0.6) is 0 Å². The summed E-state index contributed by atoms with van der Waals surface area (Å²) < 4.78 is 14.5. The van der Waals surface area contributed by atoms with Crippen molar-refractivity contribution in [1.82, 2.24) is 9.66 Å². The molecule has 1 amide bonds. The minimum absolute atomic E-state index is 0.0459. The van der Waals surface area contributed by atoms with Crippen molar-refractivity contribution >= 4 is 35.0 Å². The summed E-state index contributed by atoms with van der Waals surface area (Å²) in [5.74, 6) is 5.20. The third kappa shape index (κ3) is 4.32. The molecule has 3 rings (SSSR count). The fraction of sp³-hybridized carbons (Fsp3) is 0.0588. The first-order valence-corrected chi connectivity index (χ1v) is 8.67. The molecule has 0 saturated heterocycles.